The Labute approximate surface area is 306 Å². The Morgan fingerprint density at radius 1 is 0.540 bits per heavy atom. The number of amides is 1. The van der Waals surface area contributed by atoms with Crippen LogP contribution in [-0.2, 0) is 19.1 Å². The molecule has 0 aliphatic heterocycles. The number of aliphatic carboxylic acids is 1. The van der Waals surface area contributed by atoms with E-state index in [0.29, 0.717) is 12.8 Å². The molecule has 1 amide bonds. The van der Waals surface area contributed by atoms with Crippen molar-refractivity contribution in [2.75, 3.05) is 6.54 Å². The van der Waals surface area contributed by atoms with Crippen molar-refractivity contribution in [3.63, 3.8) is 0 Å². The molecule has 0 spiro atoms. The van der Waals surface area contributed by atoms with Crippen LogP contribution < -0.4 is 5.32 Å². The number of rotatable bonds is 34. The van der Waals surface area contributed by atoms with Gasteiger partial charge in [0.15, 0.2) is 0 Å². The average Bonchev–Trinajstić information content (AvgIpc) is 3.10. The summed E-state index contributed by atoms with van der Waals surface area (Å²) >= 11 is 0. The summed E-state index contributed by atoms with van der Waals surface area (Å²) in [6, 6.07) is 0. The summed E-state index contributed by atoms with van der Waals surface area (Å²) < 4.78 is 5.86. The van der Waals surface area contributed by atoms with Crippen LogP contribution in [0.4, 0.5) is 0 Å². The zero-order valence-electron chi connectivity index (χ0n) is 31.7. The number of hydrogen-bond acceptors (Lipinski definition) is 4. The molecular formula is C44H71NO5. The molecule has 0 heterocycles. The van der Waals surface area contributed by atoms with Gasteiger partial charge in [0.2, 0.25) is 5.91 Å². The van der Waals surface area contributed by atoms with Crippen LogP contribution in [0, 0.1) is 0 Å². The van der Waals surface area contributed by atoms with Crippen molar-refractivity contribution >= 4 is 17.8 Å². The number of carbonyl (C=O) groups is 3. The second-order valence-corrected chi connectivity index (χ2v) is 12.8. The lowest BCUT2D eigenvalue weighted by atomic mass is 10.1. The quantitative estimate of drug-likeness (QED) is 0.0397. The van der Waals surface area contributed by atoms with Crippen molar-refractivity contribution < 1.29 is 24.2 Å². The molecule has 1 unspecified atom stereocenters. The number of allylic oxidation sites excluding steroid dienone is 13. The average molecular weight is 694 g/mol. The number of unbranched alkanes of at least 4 members (excludes halogenated alkanes) is 11. The molecule has 0 aromatic rings. The van der Waals surface area contributed by atoms with Gasteiger partial charge in [-0.3, -0.25) is 14.4 Å². The van der Waals surface area contributed by atoms with Gasteiger partial charge >= 0.3 is 11.9 Å². The Bertz CT molecular complexity index is 1030. The fourth-order valence-electron chi connectivity index (χ4n) is 5.20. The molecule has 6 heteroatoms. The van der Waals surface area contributed by atoms with E-state index in [4.69, 9.17) is 9.84 Å². The predicted molar refractivity (Wildman–Crippen MR) is 212 cm³/mol. The maximum absolute atomic E-state index is 12.6. The smallest absolute Gasteiger partial charge is 0.322 e. The standard InChI is InChI=1S/C44H71NO5/c1-3-5-7-9-11-13-14-15-16-17-18-19-20-21-22-23-24-25-27-29-35-39-44(49)50-41(36-32-28-26-12-10-8-6-4-2)37-33-30-31-34-38-42(46)45-40-43(47)48/h5-8,11-13,15-16,18-19,26,32,36,41H,3-4,9-10,14,17,20-25,27-31,33-35,37-40H2,1-2H3,(H,45,46)(H,47,48)/b7-5-,8-6-,13-11-,16-15-,19-18-,26-12-,36-32-. The zero-order valence-corrected chi connectivity index (χ0v) is 31.7. The first-order chi connectivity index (χ1) is 24.5. The molecule has 2 N–H and O–H groups in total. The lowest BCUT2D eigenvalue weighted by Gasteiger charge is -2.14. The Morgan fingerprint density at radius 2 is 0.980 bits per heavy atom. The Kier molecular flexibility index (Phi) is 35.8. The summed E-state index contributed by atoms with van der Waals surface area (Å²) in [6.07, 6.45) is 53.0. The van der Waals surface area contributed by atoms with E-state index in [2.05, 4.69) is 98.2 Å². The van der Waals surface area contributed by atoms with Crippen LogP contribution in [-0.4, -0.2) is 35.6 Å². The molecule has 0 saturated heterocycles. The van der Waals surface area contributed by atoms with Gasteiger partial charge in [-0.15, -0.1) is 0 Å². The third-order valence-corrected chi connectivity index (χ3v) is 8.05. The van der Waals surface area contributed by atoms with E-state index in [9.17, 15) is 14.4 Å². The van der Waals surface area contributed by atoms with Crippen molar-refractivity contribution in [3.05, 3.63) is 85.1 Å². The highest BCUT2D eigenvalue weighted by Crippen LogP contribution is 2.15. The summed E-state index contributed by atoms with van der Waals surface area (Å²) in [6.45, 7) is 3.95. The first-order valence-electron chi connectivity index (χ1n) is 19.7. The number of esters is 1. The normalized spacial score (nSPS) is 13.0. The number of carboxylic acid groups (broad SMARTS) is 1. The lowest BCUT2D eigenvalue weighted by molar-refractivity contribution is -0.147. The molecule has 0 rings (SSSR count). The second kappa shape index (κ2) is 38.4. The van der Waals surface area contributed by atoms with E-state index in [0.717, 1.165) is 96.3 Å². The fraction of sp³-hybridized carbons (Fsp3) is 0.614. The molecule has 1 atom stereocenters. The van der Waals surface area contributed by atoms with Gasteiger partial charge in [-0.1, -0.05) is 144 Å². The third kappa shape index (κ3) is 37.4. The van der Waals surface area contributed by atoms with E-state index in [1.54, 1.807) is 0 Å². The van der Waals surface area contributed by atoms with E-state index >= 15 is 0 Å². The topological polar surface area (TPSA) is 92.7 Å². The van der Waals surface area contributed by atoms with E-state index < -0.39 is 5.97 Å². The first-order valence-corrected chi connectivity index (χ1v) is 19.7. The highest BCUT2D eigenvalue weighted by Gasteiger charge is 2.11. The summed E-state index contributed by atoms with van der Waals surface area (Å²) in [5.41, 5.74) is 0. The highest BCUT2D eigenvalue weighted by molar-refractivity contribution is 5.80. The van der Waals surface area contributed by atoms with Crippen molar-refractivity contribution in [2.45, 2.75) is 168 Å². The second-order valence-electron chi connectivity index (χ2n) is 12.8. The number of ether oxygens (including phenoxy) is 1. The summed E-state index contributed by atoms with van der Waals surface area (Å²) in [5, 5.41) is 11.1. The van der Waals surface area contributed by atoms with E-state index in [1.807, 2.05) is 6.08 Å². The molecule has 0 fully saturated rings. The van der Waals surface area contributed by atoms with Crippen molar-refractivity contribution in [2.24, 2.45) is 0 Å². The van der Waals surface area contributed by atoms with Crippen LogP contribution in [0.1, 0.15) is 162 Å². The van der Waals surface area contributed by atoms with Gasteiger partial charge in [0.05, 0.1) is 0 Å². The lowest BCUT2D eigenvalue weighted by Crippen LogP contribution is -2.28. The van der Waals surface area contributed by atoms with Gasteiger partial charge < -0.3 is 15.2 Å². The SMILES string of the molecule is CC/C=C\C/C=C\C/C=C\C/C=C\CCCCCCCCCCC(=O)OC(/C=C\C/C=C\C/C=C\CC)CCCCCCC(=O)NCC(=O)O. The largest absolute Gasteiger partial charge is 0.480 e. The van der Waals surface area contributed by atoms with E-state index in [1.165, 1.54) is 38.5 Å². The molecule has 282 valence electrons. The Balaban J connectivity index is 4.11. The fourth-order valence-corrected chi connectivity index (χ4v) is 5.20. The van der Waals surface area contributed by atoms with Gasteiger partial charge in [-0.25, -0.2) is 0 Å². The molecule has 0 aromatic heterocycles. The molecule has 0 bridgehead atoms. The van der Waals surface area contributed by atoms with Crippen LogP contribution >= 0.6 is 0 Å². The molecule has 0 aromatic carbocycles. The van der Waals surface area contributed by atoms with E-state index in [-0.39, 0.29) is 24.5 Å². The molecule has 0 aliphatic carbocycles. The molecule has 6 nitrogen and oxygen atoms in total. The Hall–Kier alpha value is -3.41. The summed E-state index contributed by atoms with van der Waals surface area (Å²) in [4.78, 5) is 34.9. The van der Waals surface area contributed by atoms with Gasteiger partial charge in [0.1, 0.15) is 12.6 Å². The van der Waals surface area contributed by atoms with Crippen molar-refractivity contribution in [3.8, 4) is 0 Å². The molecule has 0 radical (unpaired) electrons. The number of carboxylic acids is 1. The van der Waals surface area contributed by atoms with Crippen molar-refractivity contribution in [1.29, 1.82) is 0 Å². The third-order valence-electron chi connectivity index (χ3n) is 8.05. The monoisotopic (exact) mass is 694 g/mol. The minimum Gasteiger partial charge on any atom is -0.480 e. The van der Waals surface area contributed by atoms with Crippen LogP contribution in [0.25, 0.3) is 0 Å². The number of hydrogen-bond donors (Lipinski definition) is 2. The summed E-state index contributed by atoms with van der Waals surface area (Å²) in [7, 11) is 0. The maximum Gasteiger partial charge on any atom is 0.322 e. The van der Waals surface area contributed by atoms with Crippen LogP contribution in [0.2, 0.25) is 0 Å². The van der Waals surface area contributed by atoms with Crippen LogP contribution in [0.5, 0.6) is 0 Å². The minimum atomic E-state index is -1.04. The van der Waals surface area contributed by atoms with Crippen molar-refractivity contribution in [1.82, 2.24) is 5.32 Å². The van der Waals surface area contributed by atoms with Gasteiger partial charge in [0.25, 0.3) is 0 Å². The van der Waals surface area contributed by atoms with Gasteiger partial charge in [-0.2, -0.15) is 0 Å². The Morgan fingerprint density at radius 3 is 1.52 bits per heavy atom. The summed E-state index contributed by atoms with van der Waals surface area (Å²) in [5.74, 6) is -1.38. The predicted octanol–water partition coefficient (Wildman–Crippen LogP) is 12.0. The zero-order chi connectivity index (χ0) is 36.6. The molecule has 0 aliphatic rings. The van der Waals surface area contributed by atoms with Crippen LogP contribution in [0.3, 0.4) is 0 Å². The van der Waals surface area contributed by atoms with Crippen LogP contribution in [0.15, 0.2) is 85.1 Å². The number of nitrogens with one attached hydrogen (secondary N) is 1. The van der Waals surface area contributed by atoms with Gasteiger partial charge in [0, 0.05) is 12.8 Å². The minimum absolute atomic E-state index is 0.120. The maximum atomic E-state index is 12.6. The first kappa shape index (κ1) is 46.6. The highest BCUT2D eigenvalue weighted by atomic mass is 16.5. The number of carbonyl (C=O) groups excluding carboxylic acids is 2. The van der Waals surface area contributed by atoms with Gasteiger partial charge in [-0.05, 0) is 89.5 Å². The molecule has 50 heavy (non-hydrogen) atoms. The molecular weight excluding hydrogens is 622 g/mol. The molecule has 0 saturated carbocycles.